The monoisotopic (exact) mass is 228 g/mol. The smallest absolute Gasteiger partial charge is 0.134 e. The summed E-state index contributed by atoms with van der Waals surface area (Å²) in [5, 5.41) is 3.98. The topological polar surface area (TPSA) is 38.9 Å². The van der Waals surface area contributed by atoms with Gasteiger partial charge in [-0.2, -0.15) is 11.8 Å². The molecule has 2 rings (SSSR count). The third kappa shape index (κ3) is 2.89. The average molecular weight is 228 g/mol. The Morgan fingerprint density at radius 1 is 1.43 bits per heavy atom. The number of aromatic nitrogens is 1. The molecular weight excluding hydrogens is 212 g/mol. The SMILES string of the molecule is Nc1csc(CSC2CCCCC2)n1. The van der Waals surface area contributed by atoms with Crippen LogP contribution < -0.4 is 5.73 Å². The van der Waals surface area contributed by atoms with Crippen molar-refractivity contribution >= 4 is 28.9 Å². The first-order chi connectivity index (χ1) is 6.84. The lowest BCUT2D eigenvalue weighted by Gasteiger charge is -2.20. The van der Waals surface area contributed by atoms with Crippen LogP contribution in [0.15, 0.2) is 5.38 Å². The van der Waals surface area contributed by atoms with Crippen molar-refractivity contribution in [3.63, 3.8) is 0 Å². The van der Waals surface area contributed by atoms with Crippen LogP contribution in [-0.2, 0) is 5.75 Å². The molecule has 0 bridgehead atoms. The second-order valence-electron chi connectivity index (χ2n) is 3.74. The molecule has 0 unspecified atom stereocenters. The van der Waals surface area contributed by atoms with E-state index in [1.54, 1.807) is 11.3 Å². The molecule has 78 valence electrons. The molecule has 2 N–H and O–H groups in total. The number of nitrogens with two attached hydrogens (primary N) is 1. The molecule has 0 spiro atoms. The molecule has 1 aromatic rings. The lowest BCUT2D eigenvalue weighted by atomic mass is 10.0. The first-order valence-electron chi connectivity index (χ1n) is 5.16. The maximum Gasteiger partial charge on any atom is 0.134 e. The normalized spacial score (nSPS) is 18.6. The summed E-state index contributed by atoms with van der Waals surface area (Å²) in [5.41, 5.74) is 5.58. The minimum absolute atomic E-state index is 0.675. The van der Waals surface area contributed by atoms with Crippen LogP contribution in [0, 0.1) is 0 Å². The first-order valence-corrected chi connectivity index (χ1v) is 7.09. The van der Waals surface area contributed by atoms with Gasteiger partial charge < -0.3 is 5.73 Å². The molecule has 1 heterocycles. The predicted molar refractivity (Wildman–Crippen MR) is 64.7 cm³/mol. The second-order valence-corrected chi connectivity index (χ2v) is 5.97. The molecule has 4 heteroatoms. The highest BCUT2D eigenvalue weighted by atomic mass is 32.2. The number of rotatable bonds is 3. The number of thioether (sulfide) groups is 1. The van der Waals surface area contributed by atoms with E-state index in [2.05, 4.69) is 16.7 Å². The third-order valence-electron chi connectivity index (χ3n) is 2.56. The highest BCUT2D eigenvalue weighted by Gasteiger charge is 2.14. The Morgan fingerprint density at radius 3 is 2.86 bits per heavy atom. The summed E-state index contributed by atoms with van der Waals surface area (Å²) in [6.45, 7) is 0. The molecule has 1 aromatic heterocycles. The number of anilines is 1. The predicted octanol–water partition coefficient (Wildman–Crippen LogP) is 3.29. The average Bonchev–Trinajstić information content (AvgIpc) is 2.63. The zero-order chi connectivity index (χ0) is 9.80. The lowest BCUT2D eigenvalue weighted by molar-refractivity contribution is 0.516. The maximum absolute atomic E-state index is 5.58. The Morgan fingerprint density at radius 2 is 2.21 bits per heavy atom. The van der Waals surface area contributed by atoms with E-state index in [-0.39, 0.29) is 0 Å². The fourth-order valence-corrected chi connectivity index (χ4v) is 3.87. The molecule has 0 amide bonds. The number of hydrogen-bond acceptors (Lipinski definition) is 4. The van der Waals surface area contributed by atoms with E-state index in [0.717, 1.165) is 11.0 Å². The number of nitrogens with zero attached hydrogens (tertiary/aromatic N) is 1. The van der Waals surface area contributed by atoms with Gasteiger partial charge in [0.25, 0.3) is 0 Å². The van der Waals surface area contributed by atoms with E-state index in [1.165, 1.54) is 37.1 Å². The van der Waals surface area contributed by atoms with Crippen molar-refractivity contribution in [2.45, 2.75) is 43.1 Å². The molecule has 0 radical (unpaired) electrons. The van der Waals surface area contributed by atoms with Gasteiger partial charge in [-0.15, -0.1) is 11.3 Å². The Balaban J connectivity index is 1.76. The molecular formula is C10H16N2S2. The van der Waals surface area contributed by atoms with Gasteiger partial charge in [0.05, 0.1) is 0 Å². The van der Waals surface area contributed by atoms with Crippen molar-refractivity contribution in [3.8, 4) is 0 Å². The van der Waals surface area contributed by atoms with Crippen LogP contribution in [-0.4, -0.2) is 10.2 Å². The maximum atomic E-state index is 5.58. The van der Waals surface area contributed by atoms with E-state index < -0.39 is 0 Å². The van der Waals surface area contributed by atoms with E-state index in [1.807, 2.05) is 5.38 Å². The van der Waals surface area contributed by atoms with Crippen molar-refractivity contribution in [2.24, 2.45) is 0 Å². The largest absolute Gasteiger partial charge is 0.383 e. The van der Waals surface area contributed by atoms with Crippen LogP contribution in [0.3, 0.4) is 0 Å². The molecule has 2 nitrogen and oxygen atoms in total. The molecule has 1 aliphatic rings. The Hall–Kier alpha value is -0.220. The summed E-state index contributed by atoms with van der Waals surface area (Å²) < 4.78 is 0. The van der Waals surface area contributed by atoms with Gasteiger partial charge in [0, 0.05) is 16.4 Å². The molecule has 1 aliphatic carbocycles. The summed E-state index contributed by atoms with van der Waals surface area (Å²) in [6.07, 6.45) is 7.05. The lowest BCUT2D eigenvalue weighted by Crippen LogP contribution is -2.08. The molecule has 1 saturated carbocycles. The van der Waals surface area contributed by atoms with Crippen LogP contribution in [0.25, 0.3) is 0 Å². The standard InChI is InChI=1S/C10H16N2S2/c11-9-6-14-10(12-9)7-13-8-4-2-1-3-5-8/h6,8H,1-5,7,11H2. The van der Waals surface area contributed by atoms with Crippen molar-refractivity contribution in [1.82, 2.24) is 4.98 Å². The number of hydrogen-bond donors (Lipinski definition) is 1. The number of nitrogen functional groups attached to an aromatic ring is 1. The van der Waals surface area contributed by atoms with Crippen molar-refractivity contribution in [3.05, 3.63) is 10.4 Å². The van der Waals surface area contributed by atoms with E-state index >= 15 is 0 Å². The second kappa shape index (κ2) is 5.03. The highest BCUT2D eigenvalue weighted by molar-refractivity contribution is 7.99. The van der Waals surface area contributed by atoms with Crippen LogP contribution in [0.2, 0.25) is 0 Å². The van der Waals surface area contributed by atoms with Gasteiger partial charge >= 0.3 is 0 Å². The minimum atomic E-state index is 0.675. The Kier molecular flexibility index (Phi) is 3.70. The van der Waals surface area contributed by atoms with Crippen LogP contribution in [0.5, 0.6) is 0 Å². The summed E-state index contributed by atoms with van der Waals surface area (Å²) in [5.74, 6) is 1.72. The van der Waals surface area contributed by atoms with Gasteiger partial charge in [0.15, 0.2) is 0 Å². The van der Waals surface area contributed by atoms with Crippen molar-refractivity contribution in [1.29, 1.82) is 0 Å². The van der Waals surface area contributed by atoms with Gasteiger partial charge in [-0.25, -0.2) is 4.98 Å². The van der Waals surface area contributed by atoms with Gasteiger partial charge in [-0.3, -0.25) is 0 Å². The van der Waals surface area contributed by atoms with Crippen molar-refractivity contribution < 1.29 is 0 Å². The number of thiazole rings is 1. The molecule has 0 aromatic carbocycles. The minimum Gasteiger partial charge on any atom is -0.383 e. The summed E-state index contributed by atoms with van der Waals surface area (Å²) >= 11 is 3.74. The molecule has 0 saturated heterocycles. The highest BCUT2D eigenvalue weighted by Crippen LogP contribution is 2.31. The van der Waals surface area contributed by atoms with Gasteiger partial charge in [-0.05, 0) is 12.8 Å². The Bertz CT molecular complexity index is 279. The zero-order valence-electron chi connectivity index (χ0n) is 8.24. The van der Waals surface area contributed by atoms with E-state index in [4.69, 9.17) is 5.73 Å². The van der Waals surface area contributed by atoms with Crippen molar-refractivity contribution in [2.75, 3.05) is 5.73 Å². The third-order valence-corrected chi connectivity index (χ3v) is 5.00. The quantitative estimate of drug-likeness (QED) is 0.863. The van der Waals surface area contributed by atoms with E-state index in [0.29, 0.717) is 5.82 Å². The van der Waals surface area contributed by atoms with Gasteiger partial charge in [0.1, 0.15) is 10.8 Å². The van der Waals surface area contributed by atoms with E-state index in [9.17, 15) is 0 Å². The van der Waals surface area contributed by atoms with Crippen LogP contribution in [0.1, 0.15) is 37.1 Å². The summed E-state index contributed by atoms with van der Waals surface area (Å²) in [4.78, 5) is 4.27. The van der Waals surface area contributed by atoms with Gasteiger partial charge in [-0.1, -0.05) is 19.3 Å². The summed E-state index contributed by atoms with van der Waals surface area (Å²) in [6, 6.07) is 0. The molecule has 14 heavy (non-hydrogen) atoms. The molecule has 0 atom stereocenters. The fourth-order valence-electron chi connectivity index (χ4n) is 1.81. The summed E-state index contributed by atoms with van der Waals surface area (Å²) in [7, 11) is 0. The first kappa shape index (κ1) is 10.3. The van der Waals surface area contributed by atoms with Crippen LogP contribution >= 0.6 is 23.1 Å². The Labute approximate surface area is 93.3 Å². The van der Waals surface area contributed by atoms with Gasteiger partial charge in [0.2, 0.25) is 0 Å². The molecule has 1 fully saturated rings. The fraction of sp³-hybridized carbons (Fsp3) is 0.700. The zero-order valence-corrected chi connectivity index (χ0v) is 9.87. The molecule has 0 aliphatic heterocycles. The van der Waals surface area contributed by atoms with Crippen LogP contribution in [0.4, 0.5) is 5.82 Å².